The van der Waals surface area contributed by atoms with Gasteiger partial charge in [-0.25, -0.2) is 0 Å². The third kappa shape index (κ3) is 4.61. The number of carbonyl (C=O) groups is 2. The Morgan fingerprint density at radius 3 is 2.76 bits per heavy atom. The van der Waals surface area contributed by atoms with Gasteiger partial charge in [0, 0.05) is 18.7 Å². The Hall–Kier alpha value is -1.85. The highest BCUT2D eigenvalue weighted by molar-refractivity contribution is 7.12. The monoisotopic (exact) mass is 376 g/mol. The topological polar surface area (TPSA) is 49.4 Å². The van der Waals surface area contributed by atoms with E-state index in [0.717, 1.165) is 19.5 Å². The maximum Gasteiger partial charge on any atom is 0.265 e. The van der Waals surface area contributed by atoms with Gasteiger partial charge in [-0.05, 0) is 54.8 Å². The molecule has 6 heteroatoms. The third-order valence-electron chi connectivity index (χ3n) is 4.16. The molecule has 132 valence electrons. The molecule has 1 aromatic heterocycles. The average Bonchev–Trinajstić information content (AvgIpc) is 3.24. The number of anilines is 1. The van der Waals surface area contributed by atoms with Gasteiger partial charge in [0.25, 0.3) is 11.8 Å². The molecule has 1 aliphatic rings. The van der Waals surface area contributed by atoms with E-state index >= 15 is 0 Å². The van der Waals surface area contributed by atoms with Crippen molar-refractivity contribution in [1.29, 1.82) is 0 Å². The number of halogens is 1. The summed E-state index contributed by atoms with van der Waals surface area (Å²) in [7, 11) is 0. The lowest BCUT2D eigenvalue weighted by Gasteiger charge is -2.22. The molecule has 4 nitrogen and oxygen atoms in total. The molecule has 1 aromatic carbocycles. The molecule has 25 heavy (non-hydrogen) atoms. The van der Waals surface area contributed by atoms with Gasteiger partial charge >= 0.3 is 0 Å². The van der Waals surface area contributed by atoms with Crippen molar-refractivity contribution < 1.29 is 9.59 Å². The van der Waals surface area contributed by atoms with Gasteiger partial charge in [-0.2, -0.15) is 0 Å². The molecule has 2 amide bonds. The van der Waals surface area contributed by atoms with Crippen molar-refractivity contribution in [2.24, 2.45) is 5.92 Å². The molecule has 1 aliphatic carbocycles. The summed E-state index contributed by atoms with van der Waals surface area (Å²) in [5.41, 5.74) is 1.02. The van der Waals surface area contributed by atoms with Crippen LogP contribution in [0, 0.1) is 5.92 Å². The van der Waals surface area contributed by atoms with Crippen molar-refractivity contribution in [2.45, 2.75) is 26.2 Å². The Bertz CT molecular complexity index is 757. The zero-order chi connectivity index (χ0) is 17.8. The number of hydrogen-bond donors (Lipinski definition) is 1. The molecule has 0 radical (unpaired) electrons. The van der Waals surface area contributed by atoms with Crippen LogP contribution in [0.2, 0.25) is 5.02 Å². The van der Waals surface area contributed by atoms with E-state index in [0.29, 0.717) is 27.1 Å². The van der Waals surface area contributed by atoms with Crippen molar-refractivity contribution in [1.82, 2.24) is 4.90 Å². The van der Waals surface area contributed by atoms with Crippen molar-refractivity contribution in [3.8, 4) is 0 Å². The minimum Gasteiger partial charge on any atom is -0.338 e. The molecule has 0 unspecified atom stereocenters. The summed E-state index contributed by atoms with van der Waals surface area (Å²) in [5.74, 6) is 0.419. The van der Waals surface area contributed by atoms with Gasteiger partial charge in [-0.1, -0.05) is 24.6 Å². The molecule has 1 saturated carbocycles. The Kier molecular flexibility index (Phi) is 5.76. The predicted octanol–water partition coefficient (Wildman–Crippen LogP) is 4.92. The summed E-state index contributed by atoms with van der Waals surface area (Å²) in [5, 5.41) is 5.07. The van der Waals surface area contributed by atoms with Crippen molar-refractivity contribution in [3.05, 3.63) is 51.2 Å². The van der Waals surface area contributed by atoms with Crippen LogP contribution in [0.25, 0.3) is 0 Å². The maximum absolute atomic E-state index is 12.8. The van der Waals surface area contributed by atoms with E-state index in [1.807, 2.05) is 16.3 Å². The predicted molar refractivity (Wildman–Crippen MR) is 103 cm³/mol. The van der Waals surface area contributed by atoms with E-state index in [4.69, 9.17) is 11.6 Å². The average molecular weight is 377 g/mol. The van der Waals surface area contributed by atoms with Crippen molar-refractivity contribution in [2.75, 3.05) is 18.4 Å². The highest BCUT2D eigenvalue weighted by atomic mass is 35.5. The SMILES string of the molecule is CCCN(CC1CC1)C(=O)c1ccc(Cl)c(NC(=O)c2cccs2)c1. The Labute approximate surface area is 156 Å². The zero-order valence-electron chi connectivity index (χ0n) is 14.1. The summed E-state index contributed by atoms with van der Waals surface area (Å²) in [6.45, 7) is 3.63. The summed E-state index contributed by atoms with van der Waals surface area (Å²) in [6.07, 6.45) is 3.33. The van der Waals surface area contributed by atoms with Gasteiger partial charge in [0.05, 0.1) is 15.6 Å². The van der Waals surface area contributed by atoms with Crippen LogP contribution in [0.3, 0.4) is 0 Å². The minimum atomic E-state index is -0.218. The summed E-state index contributed by atoms with van der Waals surface area (Å²) in [6, 6.07) is 8.63. The number of nitrogens with one attached hydrogen (secondary N) is 1. The number of thiophene rings is 1. The Balaban J connectivity index is 1.77. The fraction of sp³-hybridized carbons (Fsp3) is 0.368. The molecule has 0 saturated heterocycles. The molecule has 3 rings (SSSR count). The first-order valence-electron chi connectivity index (χ1n) is 8.52. The second kappa shape index (κ2) is 8.02. The van der Waals surface area contributed by atoms with Crippen LogP contribution in [0.4, 0.5) is 5.69 Å². The van der Waals surface area contributed by atoms with Crippen LogP contribution in [0.1, 0.15) is 46.2 Å². The summed E-state index contributed by atoms with van der Waals surface area (Å²) >= 11 is 7.57. The van der Waals surface area contributed by atoms with Crippen LogP contribution in [0.5, 0.6) is 0 Å². The molecule has 2 aromatic rings. The lowest BCUT2D eigenvalue weighted by Crippen LogP contribution is -2.33. The van der Waals surface area contributed by atoms with Gasteiger partial charge in [-0.15, -0.1) is 11.3 Å². The molecule has 0 bridgehead atoms. The minimum absolute atomic E-state index is 0.00274. The second-order valence-electron chi connectivity index (χ2n) is 6.32. The highest BCUT2D eigenvalue weighted by Crippen LogP contribution is 2.31. The number of hydrogen-bond acceptors (Lipinski definition) is 3. The van der Waals surface area contributed by atoms with Gasteiger partial charge in [0.15, 0.2) is 0 Å². The van der Waals surface area contributed by atoms with Crippen LogP contribution < -0.4 is 5.32 Å². The van der Waals surface area contributed by atoms with E-state index < -0.39 is 0 Å². The van der Waals surface area contributed by atoms with Crippen LogP contribution in [-0.4, -0.2) is 29.8 Å². The summed E-state index contributed by atoms with van der Waals surface area (Å²) in [4.78, 5) is 27.6. The van der Waals surface area contributed by atoms with Gasteiger partial charge < -0.3 is 10.2 Å². The molecule has 1 fully saturated rings. The van der Waals surface area contributed by atoms with Crippen molar-refractivity contribution in [3.63, 3.8) is 0 Å². The fourth-order valence-corrected chi connectivity index (χ4v) is 3.47. The number of rotatable bonds is 7. The fourth-order valence-electron chi connectivity index (χ4n) is 2.69. The molecule has 1 N–H and O–H groups in total. The number of carbonyl (C=O) groups excluding carboxylic acids is 2. The third-order valence-corrected chi connectivity index (χ3v) is 5.36. The molecular formula is C19H21ClN2O2S. The first-order valence-corrected chi connectivity index (χ1v) is 9.78. The largest absolute Gasteiger partial charge is 0.338 e. The smallest absolute Gasteiger partial charge is 0.265 e. The molecule has 0 aliphatic heterocycles. The summed E-state index contributed by atoms with van der Waals surface area (Å²) < 4.78 is 0. The number of nitrogens with zero attached hydrogens (tertiary/aromatic N) is 1. The van der Waals surface area contributed by atoms with Crippen molar-refractivity contribution >= 4 is 40.4 Å². The van der Waals surface area contributed by atoms with E-state index in [-0.39, 0.29) is 11.8 Å². The second-order valence-corrected chi connectivity index (χ2v) is 7.68. The Morgan fingerprint density at radius 2 is 2.12 bits per heavy atom. The number of benzene rings is 1. The van der Waals surface area contributed by atoms with E-state index in [1.54, 1.807) is 24.3 Å². The van der Waals surface area contributed by atoms with Crippen LogP contribution in [-0.2, 0) is 0 Å². The van der Waals surface area contributed by atoms with Gasteiger partial charge in [0.2, 0.25) is 0 Å². The van der Waals surface area contributed by atoms with E-state index in [2.05, 4.69) is 12.2 Å². The van der Waals surface area contributed by atoms with Crippen LogP contribution >= 0.6 is 22.9 Å². The number of amides is 2. The van der Waals surface area contributed by atoms with Gasteiger partial charge in [0.1, 0.15) is 0 Å². The normalized spacial score (nSPS) is 13.5. The quantitative estimate of drug-likeness (QED) is 0.745. The lowest BCUT2D eigenvalue weighted by atomic mass is 10.1. The molecule has 0 atom stereocenters. The first-order chi connectivity index (χ1) is 12.1. The Morgan fingerprint density at radius 1 is 1.32 bits per heavy atom. The zero-order valence-corrected chi connectivity index (χ0v) is 15.7. The standard InChI is InChI=1S/C19H21ClN2O2S/c1-2-9-22(12-13-5-6-13)19(24)14-7-8-15(20)16(11-14)21-18(23)17-4-3-10-25-17/h3-4,7-8,10-11,13H,2,5-6,9,12H2,1H3,(H,21,23). The molecule has 1 heterocycles. The van der Waals surface area contributed by atoms with Gasteiger partial charge in [-0.3, -0.25) is 9.59 Å². The van der Waals surface area contributed by atoms with Crippen LogP contribution in [0.15, 0.2) is 35.7 Å². The first kappa shape index (κ1) is 18.0. The highest BCUT2D eigenvalue weighted by Gasteiger charge is 2.27. The lowest BCUT2D eigenvalue weighted by molar-refractivity contribution is 0.0747. The van der Waals surface area contributed by atoms with E-state index in [9.17, 15) is 9.59 Å². The maximum atomic E-state index is 12.8. The van der Waals surface area contributed by atoms with E-state index in [1.165, 1.54) is 24.2 Å². The molecule has 0 spiro atoms. The molecular weight excluding hydrogens is 356 g/mol.